The number of aliphatic carboxylic acids is 1. The van der Waals surface area contributed by atoms with Gasteiger partial charge < -0.3 is 5.11 Å². The molecule has 1 atom stereocenters. The number of carboxylic acids is 1. The van der Waals surface area contributed by atoms with Crippen molar-refractivity contribution >= 4 is 5.97 Å². The molecule has 0 saturated heterocycles. The van der Waals surface area contributed by atoms with Crippen molar-refractivity contribution in [2.45, 2.75) is 67.2 Å². The minimum Gasteiger partial charge on any atom is -0.481 e. The molecule has 108 valence electrons. The topological polar surface area (TPSA) is 37.3 Å². The highest BCUT2D eigenvalue weighted by Crippen LogP contribution is 2.68. The van der Waals surface area contributed by atoms with Crippen molar-refractivity contribution in [3.05, 3.63) is 11.1 Å². The fourth-order valence-corrected chi connectivity index (χ4v) is 4.50. The van der Waals surface area contributed by atoms with Crippen LogP contribution in [0.1, 0.15) is 67.2 Å². The highest BCUT2D eigenvalue weighted by Gasteiger charge is 2.59. The molecular formula is C17H28O2. The van der Waals surface area contributed by atoms with Crippen molar-refractivity contribution in [3.63, 3.8) is 0 Å². The summed E-state index contributed by atoms with van der Waals surface area (Å²) < 4.78 is 0. The average Bonchev–Trinajstić information content (AvgIpc) is 2.36. The summed E-state index contributed by atoms with van der Waals surface area (Å²) in [6, 6.07) is 0. The van der Waals surface area contributed by atoms with E-state index >= 15 is 0 Å². The number of hydrogen-bond acceptors (Lipinski definition) is 1. The summed E-state index contributed by atoms with van der Waals surface area (Å²) in [4.78, 5) is 11.2. The molecule has 19 heavy (non-hydrogen) atoms. The minimum absolute atomic E-state index is 0.0897. The summed E-state index contributed by atoms with van der Waals surface area (Å²) in [6.45, 7) is 14.0. The first-order valence-corrected chi connectivity index (χ1v) is 7.49. The molecule has 2 aliphatic rings. The van der Waals surface area contributed by atoms with Crippen LogP contribution in [0.3, 0.4) is 0 Å². The number of rotatable bonds is 2. The number of hydrogen-bond donors (Lipinski definition) is 1. The molecule has 2 rings (SSSR count). The van der Waals surface area contributed by atoms with Crippen LogP contribution in [0.25, 0.3) is 0 Å². The molecule has 0 saturated carbocycles. The second-order valence-corrected chi connectivity index (χ2v) is 7.95. The van der Waals surface area contributed by atoms with Crippen LogP contribution in [0.15, 0.2) is 11.1 Å². The minimum atomic E-state index is -0.655. The van der Waals surface area contributed by atoms with Crippen LogP contribution >= 0.6 is 0 Å². The zero-order chi connectivity index (χ0) is 14.6. The first kappa shape index (κ1) is 14.6. The van der Waals surface area contributed by atoms with Gasteiger partial charge in [-0.3, -0.25) is 4.79 Å². The van der Waals surface area contributed by atoms with Crippen LogP contribution in [0.4, 0.5) is 0 Å². The van der Waals surface area contributed by atoms with Gasteiger partial charge in [0.15, 0.2) is 0 Å². The fraction of sp³-hybridized carbons (Fsp3) is 0.824. The third-order valence-electron chi connectivity index (χ3n) is 6.69. The van der Waals surface area contributed by atoms with Gasteiger partial charge in [0, 0.05) is 0 Å². The lowest BCUT2D eigenvalue weighted by atomic mass is 9.57. The van der Waals surface area contributed by atoms with Gasteiger partial charge in [-0.2, -0.15) is 0 Å². The van der Waals surface area contributed by atoms with E-state index in [-0.39, 0.29) is 22.2 Å². The van der Waals surface area contributed by atoms with Crippen LogP contribution < -0.4 is 0 Å². The molecule has 1 unspecified atom stereocenters. The van der Waals surface area contributed by atoms with Gasteiger partial charge in [-0.1, -0.05) is 52.7 Å². The lowest BCUT2D eigenvalue weighted by Crippen LogP contribution is -2.40. The quantitative estimate of drug-likeness (QED) is 0.737. The van der Waals surface area contributed by atoms with E-state index in [4.69, 9.17) is 0 Å². The molecule has 0 aromatic carbocycles. The Labute approximate surface area is 117 Å². The molecule has 0 bridgehead atoms. The van der Waals surface area contributed by atoms with E-state index in [0.717, 1.165) is 19.3 Å². The standard InChI is InChI=1S/C17H28O2/c1-15(2)12-9-7-8-11(10-13(18)19)14(12)16(3,4)17(15,5)6/h11H,7-10H2,1-6H3,(H,18,19). The summed E-state index contributed by atoms with van der Waals surface area (Å²) >= 11 is 0. The largest absolute Gasteiger partial charge is 0.481 e. The second kappa shape index (κ2) is 4.10. The predicted octanol–water partition coefficient (Wildman–Crippen LogP) is 4.65. The van der Waals surface area contributed by atoms with Crippen LogP contribution in [0.5, 0.6) is 0 Å². The normalized spacial score (nSPS) is 31.2. The highest BCUT2D eigenvalue weighted by molar-refractivity contribution is 5.68. The zero-order valence-electron chi connectivity index (χ0n) is 13.3. The molecule has 1 N–H and O–H groups in total. The molecule has 0 heterocycles. The molecule has 2 aliphatic carbocycles. The van der Waals surface area contributed by atoms with E-state index in [9.17, 15) is 9.90 Å². The molecule has 2 heteroatoms. The average molecular weight is 264 g/mol. The van der Waals surface area contributed by atoms with Crippen molar-refractivity contribution in [2.24, 2.45) is 22.2 Å². The Kier molecular flexibility index (Phi) is 3.15. The number of allylic oxidation sites excluding steroid dienone is 2. The Hall–Kier alpha value is -0.790. The molecule has 0 aliphatic heterocycles. The Morgan fingerprint density at radius 3 is 2.26 bits per heavy atom. The lowest BCUT2D eigenvalue weighted by molar-refractivity contribution is -0.138. The third kappa shape index (κ3) is 1.79. The summed E-state index contributed by atoms with van der Waals surface area (Å²) in [5.41, 5.74) is 3.46. The van der Waals surface area contributed by atoms with Crippen LogP contribution in [0.2, 0.25) is 0 Å². The first-order valence-electron chi connectivity index (χ1n) is 7.49. The van der Waals surface area contributed by atoms with E-state index in [1.807, 2.05) is 0 Å². The molecule has 0 radical (unpaired) electrons. The van der Waals surface area contributed by atoms with Crippen LogP contribution in [-0.2, 0) is 4.79 Å². The van der Waals surface area contributed by atoms with Gasteiger partial charge in [0.05, 0.1) is 6.42 Å². The maximum absolute atomic E-state index is 11.2. The summed E-state index contributed by atoms with van der Waals surface area (Å²) in [5, 5.41) is 9.19. The second-order valence-electron chi connectivity index (χ2n) is 7.95. The van der Waals surface area contributed by atoms with E-state index < -0.39 is 5.97 Å². The van der Waals surface area contributed by atoms with E-state index in [1.165, 1.54) is 5.57 Å². The summed E-state index contributed by atoms with van der Waals surface area (Å²) in [5.74, 6) is -0.408. The van der Waals surface area contributed by atoms with Gasteiger partial charge in [0.1, 0.15) is 0 Å². The van der Waals surface area contributed by atoms with Crippen molar-refractivity contribution < 1.29 is 9.90 Å². The molecule has 0 amide bonds. The Morgan fingerprint density at radius 2 is 1.74 bits per heavy atom. The third-order valence-corrected chi connectivity index (χ3v) is 6.69. The van der Waals surface area contributed by atoms with Crippen molar-refractivity contribution in [1.82, 2.24) is 0 Å². The van der Waals surface area contributed by atoms with Gasteiger partial charge in [0.25, 0.3) is 0 Å². The summed E-state index contributed by atoms with van der Waals surface area (Å²) in [7, 11) is 0. The van der Waals surface area contributed by atoms with E-state index in [0.29, 0.717) is 6.42 Å². The number of carboxylic acid groups (broad SMARTS) is 1. The van der Waals surface area contributed by atoms with Gasteiger partial charge in [-0.05, 0) is 41.4 Å². The molecule has 0 aromatic rings. The van der Waals surface area contributed by atoms with Crippen molar-refractivity contribution in [3.8, 4) is 0 Å². The lowest BCUT2D eigenvalue weighted by Gasteiger charge is -2.46. The van der Waals surface area contributed by atoms with Gasteiger partial charge >= 0.3 is 5.97 Å². The van der Waals surface area contributed by atoms with Crippen molar-refractivity contribution in [2.75, 3.05) is 0 Å². The maximum atomic E-state index is 11.2. The first-order chi connectivity index (χ1) is 8.53. The van der Waals surface area contributed by atoms with Gasteiger partial charge in [-0.25, -0.2) is 0 Å². The predicted molar refractivity (Wildman–Crippen MR) is 78.0 cm³/mol. The van der Waals surface area contributed by atoms with E-state index in [1.54, 1.807) is 5.57 Å². The molecule has 0 spiro atoms. The van der Waals surface area contributed by atoms with Crippen LogP contribution in [0, 0.1) is 22.2 Å². The van der Waals surface area contributed by atoms with Crippen LogP contribution in [-0.4, -0.2) is 11.1 Å². The zero-order valence-corrected chi connectivity index (χ0v) is 13.3. The Bertz CT molecular complexity index is 438. The molecule has 0 aromatic heterocycles. The Balaban J connectivity index is 2.54. The Morgan fingerprint density at radius 1 is 1.16 bits per heavy atom. The van der Waals surface area contributed by atoms with Gasteiger partial charge in [0.2, 0.25) is 0 Å². The molecule has 0 fully saturated rings. The monoisotopic (exact) mass is 264 g/mol. The smallest absolute Gasteiger partial charge is 0.303 e. The SMILES string of the molecule is CC1(C)C2=C(C(CC(=O)O)CCC2)C(C)(C)C1(C)C. The van der Waals surface area contributed by atoms with Gasteiger partial charge in [-0.15, -0.1) is 0 Å². The molecular weight excluding hydrogens is 236 g/mol. The fourth-order valence-electron chi connectivity index (χ4n) is 4.50. The number of carbonyl (C=O) groups is 1. The van der Waals surface area contributed by atoms with Crippen molar-refractivity contribution in [1.29, 1.82) is 0 Å². The summed E-state index contributed by atoms with van der Waals surface area (Å²) in [6.07, 6.45) is 3.65. The maximum Gasteiger partial charge on any atom is 0.303 e. The molecule has 2 nitrogen and oxygen atoms in total. The van der Waals surface area contributed by atoms with E-state index in [2.05, 4.69) is 41.5 Å². The highest BCUT2D eigenvalue weighted by atomic mass is 16.4.